The van der Waals surface area contributed by atoms with Gasteiger partial charge in [-0.2, -0.15) is 0 Å². The van der Waals surface area contributed by atoms with Crippen molar-refractivity contribution in [2.24, 2.45) is 0 Å². The van der Waals surface area contributed by atoms with Crippen molar-refractivity contribution in [1.82, 2.24) is 10.6 Å². The SMILES string of the molecule is CCOC(CCNC(=O)C(CCC(=O)OC(C)(C)C)NC(=O)OCc1ccccc1)OCC. The number of ether oxygens (including phenoxy) is 4. The number of alkyl carbamates (subject to hydrolysis) is 1. The first-order valence-electron chi connectivity index (χ1n) is 11.3. The zero-order chi connectivity index (χ0) is 24.7. The molecule has 0 fully saturated rings. The third-order valence-electron chi connectivity index (χ3n) is 4.26. The van der Waals surface area contributed by atoms with Gasteiger partial charge >= 0.3 is 12.1 Å². The van der Waals surface area contributed by atoms with E-state index in [-0.39, 0.29) is 26.0 Å². The summed E-state index contributed by atoms with van der Waals surface area (Å²) in [7, 11) is 0. The normalized spacial score (nSPS) is 12.2. The lowest BCUT2D eigenvalue weighted by Gasteiger charge is -2.22. The van der Waals surface area contributed by atoms with E-state index in [0.717, 1.165) is 5.56 Å². The third kappa shape index (κ3) is 13.5. The van der Waals surface area contributed by atoms with Crippen molar-refractivity contribution < 1.29 is 33.3 Å². The average Bonchev–Trinajstić information content (AvgIpc) is 2.75. The highest BCUT2D eigenvalue weighted by molar-refractivity contribution is 5.86. The molecule has 0 aliphatic rings. The van der Waals surface area contributed by atoms with Gasteiger partial charge in [-0.1, -0.05) is 30.3 Å². The van der Waals surface area contributed by atoms with Crippen LogP contribution >= 0.6 is 0 Å². The first-order chi connectivity index (χ1) is 15.6. The monoisotopic (exact) mass is 466 g/mol. The molecule has 2 N–H and O–H groups in total. The zero-order valence-corrected chi connectivity index (χ0v) is 20.3. The standard InChI is InChI=1S/C24H38N2O7/c1-6-30-21(31-7-2)15-16-25-22(28)19(13-14-20(27)33-24(3,4)5)26-23(29)32-17-18-11-9-8-10-12-18/h8-12,19,21H,6-7,13-17H2,1-5H3,(H,25,28)(H,26,29). The number of carbonyl (C=O) groups excluding carboxylic acids is 3. The van der Waals surface area contributed by atoms with Crippen LogP contribution in [0.25, 0.3) is 0 Å². The molecule has 33 heavy (non-hydrogen) atoms. The minimum Gasteiger partial charge on any atom is -0.460 e. The minimum absolute atomic E-state index is 0.0329. The van der Waals surface area contributed by atoms with Crippen LogP contribution in [0.1, 0.15) is 59.4 Å². The molecule has 1 aromatic rings. The number of amides is 2. The quantitative estimate of drug-likeness (QED) is 0.319. The third-order valence-corrected chi connectivity index (χ3v) is 4.26. The molecule has 1 rings (SSSR count). The highest BCUT2D eigenvalue weighted by atomic mass is 16.7. The Morgan fingerprint density at radius 1 is 0.970 bits per heavy atom. The lowest BCUT2D eigenvalue weighted by Crippen LogP contribution is -2.47. The summed E-state index contributed by atoms with van der Waals surface area (Å²) in [6, 6.07) is 8.23. The van der Waals surface area contributed by atoms with Gasteiger partial charge in [0.1, 0.15) is 18.2 Å². The molecule has 1 unspecified atom stereocenters. The fourth-order valence-corrected chi connectivity index (χ4v) is 2.85. The molecule has 9 heteroatoms. The van der Waals surface area contributed by atoms with Crippen LogP contribution in [0.3, 0.4) is 0 Å². The molecular weight excluding hydrogens is 428 g/mol. The van der Waals surface area contributed by atoms with Crippen molar-refractivity contribution in [3.63, 3.8) is 0 Å². The second kappa shape index (κ2) is 15.2. The molecular formula is C24H38N2O7. The van der Waals surface area contributed by atoms with Crippen LogP contribution in [0.15, 0.2) is 30.3 Å². The molecule has 0 aliphatic heterocycles. The van der Waals surface area contributed by atoms with E-state index in [1.807, 2.05) is 44.2 Å². The average molecular weight is 467 g/mol. The van der Waals surface area contributed by atoms with Crippen molar-refractivity contribution in [3.8, 4) is 0 Å². The summed E-state index contributed by atoms with van der Waals surface area (Å²) in [6.45, 7) is 10.4. The van der Waals surface area contributed by atoms with E-state index in [9.17, 15) is 14.4 Å². The number of carbonyl (C=O) groups is 3. The van der Waals surface area contributed by atoms with Crippen LogP contribution in [0.2, 0.25) is 0 Å². The second-order valence-corrected chi connectivity index (χ2v) is 8.30. The predicted molar refractivity (Wildman–Crippen MR) is 123 cm³/mol. The van der Waals surface area contributed by atoms with Crippen LogP contribution in [0.4, 0.5) is 4.79 Å². The van der Waals surface area contributed by atoms with Crippen molar-refractivity contribution in [2.75, 3.05) is 19.8 Å². The Morgan fingerprint density at radius 3 is 2.18 bits per heavy atom. The maximum atomic E-state index is 12.7. The Labute approximate surface area is 196 Å². The fourth-order valence-electron chi connectivity index (χ4n) is 2.85. The van der Waals surface area contributed by atoms with E-state index in [2.05, 4.69) is 10.6 Å². The summed E-state index contributed by atoms with van der Waals surface area (Å²) in [5.74, 6) is -0.880. The number of benzene rings is 1. The van der Waals surface area contributed by atoms with Gasteiger partial charge in [0, 0.05) is 32.6 Å². The van der Waals surface area contributed by atoms with Gasteiger partial charge in [-0.15, -0.1) is 0 Å². The summed E-state index contributed by atoms with van der Waals surface area (Å²) < 4.78 is 21.4. The first kappa shape index (κ1) is 28.4. The van der Waals surface area contributed by atoms with E-state index in [1.165, 1.54) is 0 Å². The molecule has 0 aliphatic carbocycles. The Bertz CT molecular complexity index is 713. The van der Waals surface area contributed by atoms with Crippen molar-refractivity contribution in [3.05, 3.63) is 35.9 Å². The first-order valence-corrected chi connectivity index (χ1v) is 11.3. The number of nitrogens with one attached hydrogen (secondary N) is 2. The molecule has 0 heterocycles. The van der Waals surface area contributed by atoms with E-state index in [0.29, 0.717) is 19.6 Å². The van der Waals surface area contributed by atoms with Crippen molar-refractivity contribution in [2.45, 2.75) is 78.4 Å². The van der Waals surface area contributed by atoms with Crippen molar-refractivity contribution in [1.29, 1.82) is 0 Å². The van der Waals surface area contributed by atoms with Crippen molar-refractivity contribution >= 4 is 18.0 Å². The van der Waals surface area contributed by atoms with E-state index in [1.54, 1.807) is 20.8 Å². The molecule has 0 aromatic heterocycles. The lowest BCUT2D eigenvalue weighted by atomic mass is 10.1. The van der Waals surface area contributed by atoms with Gasteiger partial charge in [0.2, 0.25) is 5.91 Å². The Morgan fingerprint density at radius 2 is 1.61 bits per heavy atom. The minimum atomic E-state index is -0.960. The second-order valence-electron chi connectivity index (χ2n) is 8.30. The van der Waals surface area contributed by atoms with Gasteiger partial charge in [0.05, 0.1) is 0 Å². The Kier molecular flexibility index (Phi) is 13.1. The molecule has 0 spiro atoms. The number of hydrogen-bond acceptors (Lipinski definition) is 7. The van der Waals surface area contributed by atoms with Gasteiger partial charge in [-0.05, 0) is 46.6 Å². The van der Waals surface area contributed by atoms with E-state index < -0.39 is 35.9 Å². The molecule has 0 radical (unpaired) electrons. The lowest BCUT2D eigenvalue weighted by molar-refractivity contribution is -0.155. The molecule has 2 amide bonds. The van der Waals surface area contributed by atoms with E-state index in [4.69, 9.17) is 18.9 Å². The molecule has 0 saturated carbocycles. The number of esters is 1. The summed E-state index contributed by atoms with van der Waals surface area (Å²) in [6.07, 6.45) is -0.685. The molecule has 0 saturated heterocycles. The topological polar surface area (TPSA) is 112 Å². The number of hydrogen-bond donors (Lipinski definition) is 2. The van der Waals surface area contributed by atoms with Gasteiger partial charge < -0.3 is 29.6 Å². The van der Waals surface area contributed by atoms with Crippen LogP contribution in [0, 0.1) is 0 Å². The molecule has 0 bridgehead atoms. The molecule has 9 nitrogen and oxygen atoms in total. The Balaban J connectivity index is 2.65. The summed E-state index contributed by atoms with van der Waals surface area (Å²) in [5.41, 5.74) is 0.185. The maximum Gasteiger partial charge on any atom is 0.408 e. The highest BCUT2D eigenvalue weighted by Crippen LogP contribution is 2.11. The Hall–Kier alpha value is -2.65. The largest absolute Gasteiger partial charge is 0.460 e. The van der Waals surface area contributed by atoms with Crippen LogP contribution in [-0.4, -0.2) is 55.7 Å². The summed E-state index contributed by atoms with van der Waals surface area (Å²) in [5, 5.41) is 5.31. The highest BCUT2D eigenvalue weighted by Gasteiger charge is 2.24. The molecule has 1 aromatic carbocycles. The van der Waals surface area contributed by atoms with Gasteiger partial charge in [-0.25, -0.2) is 4.79 Å². The van der Waals surface area contributed by atoms with Gasteiger partial charge in [0.25, 0.3) is 0 Å². The smallest absolute Gasteiger partial charge is 0.408 e. The summed E-state index contributed by atoms with van der Waals surface area (Å²) >= 11 is 0. The van der Waals surface area contributed by atoms with Crippen LogP contribution in [-0.2, 0) is 35.1 Å². The summed E-state index contributed by atoms with van der Waals surface area (Å²) in [4.78, 5) is 37.1. The zero-order valence-electron chi connectivity index (χ0n) is 20.3. The molecule has 186 valence electrons. The van der Waals surface area contributed by atoms with Crippen LogP contribution < -0.4 is 10.6 Å². The van der Waals surface area contributed by atoms with Crippen LogP contribution in [0.5, 0.6) is 0 Å². The fraction of sp³-hybridized carbons (Fsp3) is 0.625. The van der Waals surface area contributed by atoms with Gasteiger partial charge in [0.15, 0.2) is 6.29 Å². The van der Waals surface area contributed by atoms with Gasteiger partial charge in [-0.3, -0.25) is 9.59 Å². The van der Waals surface area contributed by atoms with E-state index >= 15 is 0 Å². The maximum absolute atomic E-state index is 12.7. The molecule has 1 atom stereocenters. The number of rotatable bonds is 14. The predicted octanol–water partition coefficient (Wildman–Crippen LogP) is 3.31.